The molecule has 0 spiro atoms. The Balaban J connectivity index is 1.42. The van der Waals surface area contributed by atoms with Gasteiger partial charge in [-0.2, -0.15) is 4.98 Å². The molecule has 0 saturated carbocycles. The number of aromatic nitrogens is 3. The van der Waals surface area contributed by atoms with E-state index in [1.54, 1.807) is 26.0 Å². The highest BCUT2D eigenvalue weighted by Gasteiger charge is 2.27. The molecule has 0 bridgehead atoms. The Morgan fingerprint density at radius 3 is 2.64 bits per heavy atom. The number of pyridine rings is 1. The Bertz CT molecular complexity index is 1380. The molecule has 3 N–H and O–H groups in total. The fourth-order valence-electron chi connectivity index (χ4n) is 4.05. The lowest BCUT2D eigenvalue weighted by Crippen LogP contribution is -2.35. The van der Waals surface area contributed by atoms with Crippen molar-refractivity contribution in [3.63, 3.8) is 0 Å². The van der Waals surface area contributed by atoms with Gasteiger partial charge in [0.2, 0.25) is 5.91 Å². The third-order valence-electron chi connectivity index (χ3n) is 6.29. The molecule has 1 aliphatic rings. The Labute approximate surface area is 196 Å². The molecule has 168 valence electrons. The molecule has 2 aromatic heterocycles. The summed E-state index contributed by atoms with van der Waals surface area (Å²) in [5, 5.41) is 0.544. The highest BCUT2D eigenvalue weighted by molar-refractivity contribution is 6.33. The van der Waals surface area contributed by atoms with E-state index in [1.807, 2.05) is 24.3 Å². The summed E-state index contributed by atoms with van der Waals surface area (Å²) in [4.78, 5) is 26.2. The first kappa shape index (κ1) is 21.3. The lowest BCUT2D eigenvalue weighted by atomic mass is 9.84. The van der Waals surface area contributed by atoms with Crippen LogP contribution < -0.4 is 15.4 Å². The molecule has 0 radical (unpaired) electrons. The quantitative estimate of drug-likeness (QED) is 0.444. The molecular formula is C25H24ClN5O2. The van der Waals surface area contributed by atoms with Gasteiger partial charge < -0.3 is 20.4 Å². The first-order valence-electron chi connectivity index (χ1n) is 10.7. The molecule has 8 heteroatoms. The van der Waals surface area contributed by atoms with Crippen molar-refractivity contribution in [2.75, 3.05) is 18.5 Å². The second-order valence-corrected chi connectivity index (χ2v) is 9.27. The Morgan fingerprint density at radius 1 is 1.15 bits per heavy atom. The number of halogens is 1. The number of carbonyl (C=O) groups is 1. The number of imidazole rings is 1. The van der Waals surface area contributed by atoms with Crippen molar-refractivity contribution >= 4 is 34.4 Å². The van der Waals surface area contributed by atoms with Crippen molar-refractivity contribution in [3.05, 3.63) is 64.7 Å². The molecule has 4 aromatic rings. The van der Waals surface area contributed by atoms with Crippen LogP contribution in [0.2, 0.25) is 5.02 Å². The summed E-state index contributed by atoms with van der Waals surface area (Å²) in [7, 11) is 2.10. The third-order valence-corrected chi connectivity index (χ3v) is 6.58. The number of aromatic amines is 1. The molecule has 0 aliphatic carbocycles. The summed E-state index contributed by atoms with van der Waals surface area (Å²) in [5.74, 6) is 0.190. The number of benzene rings is 2. The molecular weight excluding hydrogens is 438 g/mol. The first-order chi connectivity index (χ1) is 15.7. The molecule has 0 saturated heterocycles. The summed E-state index contributed by atoms with van der Waals surface area (Å²) in [6, 6.07) is 15.6. The van der Waals surface area contributed by atoms with E-state index >= 15 is 0 Å². The van der Waals surface area contributed by atoms with Gasteiger partial charge in [0.05, 0.1) is 21.6 Å². The van der Waals surface area contributed by atoms with Crippen LogP contribution in [0.5, 0.6) is 11.8 Å². The van der Waals surface area contributed by atoms with E-state index < -0.39 is 5.41 Å². The van der Waals surface area contributed by atoms with Gasteiger partial charge in [-0.15, -0.1) is 0 Å². The molecule has 0 atom stereocenters. The zero-order chi connectivity index (χ0) is 23.3. The van der Waals surface area contributed by atoms with Crippen LogP contribution in [-0.2, 0) is 16.6 Å². The zero-order valence-electron chi connectivity index (χ0n) is 18.6. The lowest BCUT2D eigenvalue weighted by molar-refractivity contribution is -0.122. The minimum absolute atomic E-state index is 0.309. The van der Waals surface area contributed by atoms with Gasteiger partial charge in [0.25, 0.3) is 0 Å². The molecule has 0 unspecified atom stereocenters. The standard InChI is InChI=1S/C25H24ClN5O2/c1-25(2,23(27)32)16-5-7-17(8-6-16)33-24-28-19-13-18(26)21(29-22(19)30-24)15-4-9-20-14(12-15)10-11-31(20)3/h4-9,12-13H,10-11H2,1-3H3,(H2,27,32)(H,28,29,30). The van der Waals surface area contributed by atoms with E-state index in [0.29, 0.717) is 33.6 Å². The van der Waals surface area contributed by atoms with Gasteiger partial charge in [-0.1, -0.05) is 29.8 Å². The van der Waals surface area contributed by atoms with Gasteiger partial charge in [-0.3, -0.25) is 4.79 Å². The monoisotopic (exact) mass is 461 g/mol. The maximum Gasteiger partial charge on any atom is 0.301 e. The largest absolute Gasteiger partial charge is 0.426 e. The zero-order valence-corrected chi connectivity index (χ0v) is 19.4. The van der Waals surface area contributed by atoms with Crippen molar-refractivity contribution < 1.29 is 9.53 Å². The minimum atomic E-state index is -0.762. The molecule has 2 aromatic carbocycles. The highest BCUT2D eigenvalue weighted by Crippen LogP contribution is 2.35. The Hall–Kier alpha value is -3.58. The van der Waals surface area contributed by atoms with Crippen LogP contribution in [0.3, 0.4) is 0 Å². The number of nitrogens with two attached hydrogens (primary N) is 1. The molecule has 7 nitrogen and oxygen atoms in total. The van der Waals surface area contributed by atoms with Crippen LogP contribution in [-0.4, -0.2) is 34.5 Å². The second-order valence-electron chi connectivity index (χ2n) is 8.86. The number of fused-ring (bicyclic) bond motifs is 2. The highest BCUT2D eigenvalue weighted by atomic mass is 35.5. The molecule has 1 aliphatic heterocycles. The minimum Gasteiger partial charge on any atom is -0.426 e. The number of hydrogen-bond acceptors (Lipinski definition) is 5. The fourth-order valence-corrected chi connectivity index (χ4v) is 4.31. The number of amides is 1. The summed E-state index contributed by atoms with van der Waals surface area (Å²) >= 11 is 6.57. The van der Waals surface area contributed by atoms with Crippen LogP contribution in [0.1, 0.15) is 25.0 Å². The van der Waals surface area contributed by atoms with Gasteiger partial charge in [0, 0.05) is 24.8 Å². The van der Waals surface area contributed by atoms with Crippen LogP contribution in [0.15, 0.2) is 48.5 Å². The number of anilines is 1. The average molecular weight is 462 g/mol. The molecule has 33 heavy (non-hydrogen) atoms. The molecule has 5 rings (SSSR count). The number of nitrogens with one attached hydrogen (secondary N) is 1. The fraction of sp³-hybridized carbons (Fsp3) is 0.240. The Kier molecular flexibility index (Phi) is 5.01. The number of hydrogen-bond donors (Lipinski definition) is 2. The normalized spacial score (nSPS) is 13.4. The number of rotatable bonds is 5. The number of H-pyrrole nitrogens is 1. The predicted molar refractivity (Wildman–Crippen MR) is 130 cm³/mol. The Morgan fingerprint density at radius 2 is 1.91 bits per heavy atom. The summed E-state index contributed by atoms with van der Waals surface area (Å²) in [6.45, 7) is 4.59. The van der Waals surface area contributed by atoms with Crippen molar-refractivity contribution in [3.8, 4) is 23.0 Å². The van der Waals surface area contributed by atoms with Crippen molar-refractivity contribution in [1.29, 1.82) is 0 Å². The summed E-state index contributed by atoms with van der Waals surface area (Å²) in [5.41, 5.74) is 11.0. The second kappa shape index (κ2) is 7.78. The number of likely N-dealkylation sites (N-methyl/N-ethyl adjacent to an activating group) is 1. The van der Waals surface area contributed by atoms with Gasteiger partial charge >= 0.3 is 6.01 Å². The van der Waals surface area contributed by atoms with Crippen LogP contribution in [0.4, 0.5) is 5.69 Å². The van der Waals surface area contributed by atoms with E-state index in [4.69, 9.17) is 27.1 Å². The van der Waals surface area contributed by atoms with Gasteiger partial charge in [-0.05, 0) is 61.7 Å². The van der Waals surface area contributed by atoms with E-state index in [9.17, 15) is 4.79 Å². The van der Waals surface area contributed by atoms with E-state index in [0.717, 1.165) is 24.1 Å². The van der Waals surface area contributed by atoms with E-state index in [1.165, 1.54) is 11.3 Å². The van der Waals surface area contributed by atoms with E-state index in [2.05, 4.69) is 34.0 Å². The van der Waals surface area contributed by atoms with Gasteiger partial charge in [0.1, 0.15) is 5.75 Å². The maximum absolute atomic E-state index is 11.7. The van der Waals surface area contributed by atoms with Gasteiger partial charge in [0.15, 0.2) is 5.65 Å². The molecule has 3 heterocycles. The number of primary amides is 1. The molecule has 0 fully saturated rings. The summed E-state index contributed by atoms with van der Waals surface area (Å²) < 4.78 is 5.88. The average Bonchev–Trinajstić information content (AvgIpc) is 3.35. The number of carbonyl (C=O) groups excluding carboxylic acids is 1. The van der Waals surface area contributed by atoms with Crippen LogP contribution in [0, 0.1) is 0 Å². The van der Waals surface area contributed by atoms with E-state index in [-0.39, 0.29) is 5.91 Å². The van der Waals surface area contributed by atoms with Crippen LogP contribution in [0.25, 0.3) is 22.4 Å². The smallest absolute Gasteiger partial charge is 0.301 e. The molecule has 1 amide bonds. The summed E-state index contributed by atoms with van der Waals surface area (Å²) in [6.07, 6.45) is 1.01. The predicted octanol–water partition coefficient (Wildman–Crippen LogP) is 4.83. The van der Waals surface area contributed by atoms with Crippen molar-refractivity contribution in [2.45, 2.75) is 25.7 Å². The van der Waals surface area contributed by atoms with Crippen molar-refractivity contribution in [1.82, 2.24) is 15.0 Å². The number of ether oxygens (including phenoxy) is 1. The van der Waals surface area contributed by atoms with Gasteiger partial charge in [-0.25, -0.2) is 4.98 Å². The lowest BCUT2D eigenvalue weighted by Gasteiger charge is -2.20. The topological polar surface area (TPSA) is 97.1 Å². The number of nitrogens with zero attached hydrogens (tertiary/aromatic N) is 3. The maximum atomic E-state index is 11.7. The third kappa shape index (κ3) is 3.78. The van der Waals surface area contributed by atoms with Crippen LogP contribution >= 0.6 is 11.6 Å². The SMILES string of the molecule is CN1CCc2cc(-c3nc4nc(Oc5ccc(C(C)(C)C(N)=O)cc5)[nH]c4cc3Cl)ccc21. The first-order valence-corrected chi connectivity index (χ1v) is 11.1. The van der Waals surface area contributed by atoms with Crippen molar-refractivity contribution in [2.24, 2.45) is 5.73 Å².